The highest BCUT2D eigenvalue weighted by molar-refractivity contribution is 9.10. The molecule has 0 aliphatic rings. The van der Waals surface area contributed by atoms with Crippen molar-refractivity contribution in [3.63, 3.8) is 0 Å². The summed E-state index contributed by atoms with van der Waals surface area (Å²) in [5.74, 6) is -0.331. The van der Waals surface area contributed by atoms with E-state index in [4.69, 9.17) is 0 Å². The van der Waals surface area contributed by atoms with Crippen molar-refractivity contribution < 1.29 is 14.9 Å². The maximum absolute atomic E-state index is 11.6. The summed E-state index contributed by atoms with van der Waals surface area (Å²) in [7, 11) is 1.54. The summed E-state index contributed by atoms with van der Waals surface area (Å²) in [5, 5.41) is 7.03. The fourth-order valence-corrected chi connectivity index (χ4v) is 2.10. The first kappa shape index (κ1) is 16.7. The lowest BCUT2D eigenvalue weighted by molar-refractivity contribution is -0.686. The molecule has 0 aromatic heterocycles. The molecule has 1 atom stereocenters. The number of nitrogens with two attached hydrogens (primary N) is 1. The molecule has 1 aromatic carbocycles. The van der Waals surface area contributed by atoms with E-state index in [0.29, 0.717) is 6.54 Å². The van der Waals surface area contributed by atoms with Gasteiger partial charge in [0, 0.05) is 23.5 Å². The van der Waals surface area contributed by atoms with E-state index >= 15 is 0 Å². The Hall–Kier alpha value is -1.40. The molecule has 0 spiro atoms. The molecular weight excluding hydrogens is 322 g/mol. The van der Waals surface area contributed by atoms with E-state index in [2.05, 4.69) is 45.6 Å². The van der Waals surface area contributed by atoms with Crippen LogP contribution in [0.1, 0.15) is 24.9 Å². The van der Waals surface area contributed by atoms with E-state index in [0.717, 1.165) is 10.9 Å². The lowest BCUT2D eigenvalue weighted by Gasteiger charge is -2.14. The molecule has 6 heteroatoms. The van der Waals surface area contributed by atoms with Gasteiger partial charge in [0.2, 0.25) is 5.91 Å². The molecule has 0 fully saturated rings. The molecule has 0 saturated heterocycles. The highest BCUT2D eigenvalue weighted by Gasteiger charge is 2.14. The van der Waals surface area contributed by atoms with E-state index in [-0.39, 0.29) is 24.4 Å². The molecule has 0 aliphatic heterocycles. The van der Waals surface area contributed by atoms with Gasteiger partial charge in [0.25, 0.3) is 5.91 Å². The molecule has 5 nitrogen and oxygen atoms in total. The predicted octanol–water partition coefficient (Wildman–Crippen LogP) is 0.326. The highest BCUT2D eigenvalue weighted by Crippen LogP contribution is 2.16. The Morgan fingerprint density at radius 2 is 1.90 bits per heavy atom. The quantitative estimate of drug-likeness (QED) is 0.667. The minimum Gasteiger partial charge on any atom is -0.358 e. The van der Waals surface area contributed by atoms with Gasteiger partial charge in [-0.05, 0) is 12.1 Å². The molecule has 0 saturated carbocycles. The molecule has 1 aromatic rings. The average Bonchev–Trinajstić information content (AvgIpc) is 2.47. The van der Waals surface area contributed by atoms with Crippen LogP contribution in [0.4, 0.5) is 0 Å². The zero-order valence-electron chi connectivity index (χ0n) is 11.8. The molecule has 0 aliphatic carbocycles. The molecule has 4 N–H and O–H groups in total. The van der Waals surface area contributed by atoms with Crippen molar-refractivity contribution in [2.24, 2.45) is 0 Å². The standard InChI is InChI=1S/C14H20BrN3O2/c1-3-12(10-4-6-11(15)7-5-10)17-9-14(20)18-8-13(19)16-2/h4-7,12,17H,3,8-9H2,1-2H3,(H,16,19)(H,18,20)/p+1/t12-/m0/s1. The molecule has 0 heterocycles. The van der Waals surface area contributed by atoms with Gasteiger partial charge in [-0.1, -0.05) is 35.0 Å². The van der Waals surface area contributed by atoms with Crippen molar-refractivity contribution in [2.75, 3.05) is 20.1 Å². The third-order valence-corrected chi connectivity index (χ3v) is 3.58. The van der Waals surface area contributed by atoms with Crippen molar-refractivity contribution in [2.45, 2.75) is 19.4 Å². The van der Waals surface area contributed by atoms with E-state index in [1.165, 1.54) is 5.56 Å². The molecule has 20 heavy (non-hydrogen) atoms. The van der Waals surface area contributed by atoms with E-state index < -0.39 is 0 Å². The normalized spacial score (nSPS) is 11.8. The summed E-state index contributed by atoms with van der Waals surface area (Å²) in [6.45, 7) is 2.43. The van der Waals surface area contributed by atoms with Crippen LogP contribution in [0, 0.1) is 0 Å². The van der Waals surface area contributed by atoms with Crippen LogP contribution < -0.4 is 16.0 Å². The van der Waals surface area contributed by atoms with Crippen LogP contribution in [0.25, 0.3) is 0 Å². The van der Waals surface area contributed by atoms with E-state index in [1.54, 1.807) is 7.05 Å². The summed E-state index contributed by atoms with van der Waals surface area (Å²) in [4.78, 5) is 22.7. The Morgan fingerprint density at radius 1 is 1.25 bits per heavy atom. The summed E-state index contributed by atoms with van der Waals surface area (Å²) >= 11 is 3.41. The Labute approximate surface area is 127 Å². The van der Waals surface area contributed by atoms with E-state index in [9.17, 15) is 9.59 Å². The van der Waals surface area contributed by atoms with Crippen LogP contribution in [-0.2, 0) is 9.59 Å². The Bertz CT molecular complexity index is 448. The SMILES string of the molecule is CC[C@H]([NH2+]CC(=O)NCC(=O)NC)c1ccc(Br)cc1. The molecule has 0 radical (unpaired) electrons. The maximum Gasteiger partial charge on any atom is 0.275 e. The van der Waals surface area contributed by atoms with Gasteiger partial charge >= 0.3 is 0 Å². The van der Waals surface area contributed by atoms with Gasteiger partial charge in [-0.3, -0.25) is 9.59 Å². The first-order valence-corrected chi connectivity index (χ1v) is 7.42. The number of carbonyl (C=O) groups excluding carboxylic acids is 2. The van der Waals surface area contributed by atoms with Gasteiger partial charge in [0.05, 0.1) is 6.54 Å². The first-order chi connectivity index (χ1) is 9.56. The second kappa shape index (κ2) is 8.71. The van der Waals surface area contributed by atoms with Crippen molar-refractivity contribution in [1.82, 2.24) is 10.6 Å². The van der Waals surface area contributed by atoms with Gasteiger partial charge in [0.15, 0.2) is 6.54 Å². The number of halogens is 1. The number of rotatable bonds is 7. The molecule has 0 unspecified atom stereocenters. The topological polar surface area (TPSA) is 74.8 Å². The van der Waals surface area contributed by atoms with Crippen molar-refractivity contribution in [3.05, 3.63) is 34.3 Å². The van der Waals surface area contributed by atoms with Crippen LogP contribution in [0.3, 0.4) is 0 Å². The maximum atomic E-state index is 11.6. The van der Waals surface area contributed by atoms with Gasteiger partial charge in [0.1, 0.15) is 6.04 Å². The largest absolute Gasteiger partial charge is 0.358 e. The number of nitrogens with one attached hydrogen (secondary N) is 2. The molecule has 0 bridgehead atoms. The Morgan fingerprint density at radius 3 is 2.45 bits per heavy atom. The molecule has 2 amide bonds. The van der Waals surface area contributed by atoms with Crippen molar-refractivity contribution >= 4 is 27.7 Å². The third kappa shape index (κ3) is 5.71. The van der Waals surface area contributed by atoms with Crippen molar-refractivity contribution in [1.29, 1.82) is 0 Å². The number of carbonyl (C=O) groups is 2. The second-order valence-electron chi connectivity index (χ2n) is 4.46. The minimum absolute atomic E-state index is 0.0260. The van der Waals surface area contributed by atoms with Crippen molar-refractivity contribution in [3.8, 4) is 0 Å². The molecule has 1 rings (SSSR count). The molecular formula is C14H21BrN3O2+. The van der Waals surface area contributed by atoms with Gasteiger partial charge in [-0.15, -0.1) is 0 Å². The third-order valence-electron chi connectivity index (χ3n) is 3.05. The lowest BCUT2D eigenvalue weighted by Crippen LogP contribution is -2.87. The smallest absolute Gasteiger partial charge is 0.275 e. The number of hydrogen-bond donors (Lipinski definition) is 3. The Kier molecular flexibility index (Phi) is 7.25. The fourth-order valence-electron chi connectivity index (χ4n) is 1.84. The molecule has 110 valence electrons. The number of amides is 2. The van der Waals surface area contributed by atoms with Gasteiger partial charge < -0.3 is 16.0 Å². The summed E-state index contributed by atoms with van der Waals surface area (Å²) < 4.78 is 1.04. The second-order valence-corrected chi connectivity index (χ2v) is 5.37. The summed E-state index contributed by atoms with van der Waals surface area (Å²) in [6, 6.07) is 8.34. The first-order valence-electron chi connectivity index (χ1n) is 6.62. The van der Waals surface area contributed by atoms with Gasteiger partial charge in [-0.25, -0.2) is 0 Å². The predicted molar refractivity (Wildman–Crippen MR) is 81.0 cm³/mol. The van der Waals surface area contributed by atoms with Gasteiger partial charge in [-0.2, -0.15) is 0 Å². The number of quaternary nitrogens is 1. The lowest BCUT2D eigenvalue weighted by atomic mass is 10.0. The summed E-state index contributed by atoms with van der Waals surface area (Å²) in [6.07, 6.45) is 0.935. The average molecular weight is 343 g/mol. The number of likely N-dealkylation sites (N-methyl/N-ethyl adjacent to an activating group) is 1. The zero-order chi connectivity index (χ0) is 15.0. The zero-order valence-corrected chi connectivity index (χ0v) is 13.4. The van der Waals surface area contributed by atoms with Crippen LogP contribution in [0.5, 0.6) is 0 Å². The van der Waals surface area contributed by atoms with Crippen LogP contribution in [0.15, 0.2) is 28.7 Å². The Balaban J connectivity index is 2.43. The highest BCUT2D eigenvalue weighted by atomic mass is 79.9. The van der Waals surface area contributed by atoms with Crippen LogP contribution in [-0.4, -0.2) is 32.0 Å². The number of benzene rings is 1. The monoisotopic (exact) mass is 342 g/mol. The fraction of sp³-hybridized carbons (Fsp3) is 0.429. The van der Waals surface area contributed by atoms with Crippen LogP contribution in [0.2, 0.25) is 0 Å². The van der Waals surface area contributed by atoms with E-state index in [1.807, 2.05) is 17.4 Å². The number of hydrogen-bond acceptors (Lipinski definition) is 2. The summed E-state index contributed by atoms with van der Waals surface area (Å²) in [5.41, 5.74) is 1.19. The van der Waals surface area contributed by atoms with Crippen LogP contribution >= 0.6 is 15.9 Å². The minimum atomic E-state index is -0.196.